The number of sulfone groups is 1. The first kappa shape index (κ1) is 19.1. The number of nitrogens with zero attached hydrogens (tertiary/aromatic N) is 2. The highest BCUT2D eigenvalue weighted by atomic mass is 35.5. The van der Waals surface area contributed by atoms with E-state index in [-0.39, 0.29) is 20.5 Å². The van der Waals surface area contributed by atoms with E-state index in [1.807, 2.05) is 6.07 Å². The average Bonchev–Trinajstić information content (AvgIpc) is 2.73. The summed E-state index contributed by atoms with van der Waals surface area (Å²) in [4.78, 5) is 4.01. The predicted octanol–water partition coefficient (Wildman–Crippen LogP) is 5.40. The predicted molar refractivity (Wildman–Crippen MR) is 109 cm³/mol. The topological polar surface area (TPSA) is 70.8 Å². The fourth-order valence-corrected chi connectivity index (χ4v) is 5.19. The summed E-state index contributed by atoms with van der Waals surface area (Å²) < 4.78 is 40.5. The van der Waals surface area contributed by atoms with Crippen molar-refractivity contribution in [1.29, 1.82) is 5.26 Å². The smallest absolute Gasteiger partial charge is 0.210 e. The van der Waals surface area contributed by atoms with Crippen molar-refractivity contribution in [2.24, 2.45) is 0 Å². The first-order chi connectivity index (χ1) is 13.9. The monoisotopic (exact) mass is 422 g/mol. The Labute approximate surface area is 171 Å². The van der Waals surface area contributed by atoms with Crippen LogP contribution in [0.3, 0.4) is 0 Å². The molecule has 0 fully saturated rings. The molecule has 1 heterocycles. The number of para-hydroxylation sites is 1. The van der Waals surface area contributed by atoms with Crippen LogP contribution in [0, 0.1) is 17.1 Å². The van der Waals surface area contributed by atoms with Crippen LogP contribution >= 0.6 is 11.6 Å². The normalized spacial score (nSPS) is 11.3. The van der Waals surface area contributed by atoms with Crippen molar-refractivity contribution in [1.82, 2.24) is 4.98 Å². The van der Waals surface area contributed by atoms with Crippen molar-refractivity contribution >= 4 is 32.3 Å². The van der Waals surface area contributed by atoms with Crippen molar-refractivity contribution in [3.8, 4) is 17.2 Å². The summed E-state index contributed by atoms with van der Waals surface area (Å²) in [5.74, 6) is -0.440. The van der Waals surface area contributed by atoms with Crippen LogP contribution < -0.4 is 0 Å². The molecule has 4 nitrogen and oxygen atoms in total. The standard InChI is InChI=1S/C22H12ClFN2O2S/c23-22-21(29(27,28)17-5-3-4-14(12-17)13-25)20(15-8-10-16(24)11-9-15)18-6-1-2-7-19(18)26-22/h1-12H. The van der Waals surface area contributed by atoms with Gasteiger partial charge in [0.25, 0.3) is 0 Å². The maximum atomic E-state index is 13.5. The number of hydrogen-bond donors (Lipinski definition) is 0. The second-order valence-electron chi connectivity index (χ2n) is 6.27. The number of fused-ring (bicyclic) bond motifs is 1. The van der Waals surface area contributed by atoms with Gasteiger partial charge < -0.3 is 0 Å². The lowest BCUT2D eigenvalue weighted by molar-refractivity contribution is 0.596. The molecule has 0 amide bonds. The number of pyridine rings is 1. The molecule has 0 spiro atoms. The SMILES string of the molecule is N#Cc1cccc(S(=O)(=O)c2c(Cl)nc3ccccc3c2-c2ccc(F)cc2)c1. The maximum absolute atomic E-state index is 13.5. The van der Waals surface area contributed by atoms with E-state index in [4.69, 9.17) is 16.9 Å². The van der Waals surface area contributed by atoms with Gasteiger partial charge >= 0.3 is 0 Å². The number of nitriles is 1. The molecule has 0 unspecified atom stereocenters. The van der Waals surface area contributed by atoms with Gasteiger partial charge in [0, 0.05) is 10.9 Å². The Morgan fingerprint density at radius 3 is 2.41 bits per heavy atom. The van der Waals surface area contributed by atoms with Crippen molar-refractivity contribution in [3.63, 3.8) is 0 Å². The molecule has 0 saturated heterocycles. The number of hydrogen-bond acceptors (Lipinski definition) is 4. The number of benzene rings is 3. The van der Waals surface area contributed by atoms with Crippen LogP contribution in [0.4, 0.5) is 4.39 Å². The van der Waals surface area contributed by atoms with Crippen LogP contribution in [0.15, 0.2) is 82.6 Å². The quantitative estimate of drug-likeness (QED) is 0.414. The summed E-state index contributed by atoms with van der Waals surface area (Å²) in [6.07, 6.45) is 0. The second kappa shape index (κ2) is 7.28. The second-order valence-corrected chi connectivity index (χ2v) is 8.52. The minimum atomic E-state index is -4.12. The van der Waals surface area contributed by atoms with Gasteiger partial charge in [0.2, 0.25) is 9.84 Å². The first-order valence-corrected chi connectivity index (χ1v) is 10.4. The third-order valence-corrected chi connectivity index (χ3v) is 6.68. The van der Waals surface area contributed by atoms with Gasteiger partial charge in [0.15, 0.2) is 0 Å². The van der Waals surface area contributed by atoms with Gasteiger partial charge in [0.1, 0.15) is 15.9 Å². The van der Waals surface area contributed by atoms with E-state index in [9.17, 15) is 12.8 Å². The van der Waals surface area contributed by atoms with Gasteiger partial charge in [-0.3, -0.25) is 0 Å². The largest absolute Gasteiger partial charge is 0.235 e. The van der Waals surface area contributed by atoms with Crippen molar-refractivity contribution in [2.45, 2.75) is 9.79 Å². The highest BCUT2D eigenvalue weighted by Gasteiger charge is 2.28. The third kappa shape index (κ3) is 3.35. The van der Waals surface area contributed by atoms with E-state index in [1.165, 1.54) is 48.5 Å². The van der Waals surface area contributed by atoms with Gasteiger partial charge in [-0.25, -0.2) is 17.8 Å². The molecular formula is C22H12ClFN2O2S. The van der Waals surface area contributed by atoms with Crippen molar-refractivity contribution in [3.05, 3.63) is 89.3 Å². The molecule has 1 aromatic heterocycles. The zero-order valence-corrected chi connectivity index (χ0v) is 16.4. The molecule has 3 aromatic carbocycles. The molecule has 0 N–H and O–H groups in total. The minimum absolute atomic E-state index is 0.0705. The van der Waals surface area contributed by atoms with Gasteiger partial charge in [0.05, 0.1) is 22.0 Å². The third-order valence-electron chi connectivity index (χ3n) is 4.48. The average molecular weight is 423 g/mol. The number of rotatable bonds is 3. The molecule has 0 aliphatic carbocycles. The first-order valence-electron chi connectivity index (χ1n) is 8.51. The maximum Gasteiger partial charge on any atom is 0.210 e. The molecule has 0 radical (unpaired) electrons. The Morgan fingerprint density at radius 2 is 1.69 bits per heavy atom. The zero-order chi connectivity index (χ0) is 20.6. The van der Waals surface area contributed by atoms with Gasteiger partial charge in [-0.1, -0.05) is 48.0 Å². The summed E-state index contributed by atoms with van der Waals surface area (Å²) in [5, 5.41) is 9.51. The van der Waals surface area contributed by atoms with E-state index >= 15 is 0 Å². The van der Waals surface area contributed by atoms with Crippen LogP contribution in [0.1, 0.15) is 5.56 Å². The molecule has 4 rings (SSSR count). The van der Waals surface area contributed by atoms with Crippen LogP contribution in [-0.2, 0) is 9.84 Å². The van der Waals surface area contributed by atoms with Crippen molar-refractivity contribution < 1.29 is 12.8 Å². The van der Waals surface area contributed by atoms with E-state index < -0.39 is 15.7 Å². The van der Waals surface area contributed by atoms with E-state index in [1.54, 1.807) is 24.3 Å². The minimum Gasteiger partial charge on any atom is -0.235 e. The van der Waals surface area contributed by atoms with Crippen molar-refractivity contribution in [2.75, 3.05) is 0 Å². The van der Waals surface area contributed by atoms with Crippen LogP contribution in [0.25, 0.3) is 22.0 Å². The van der Waals surface area contributed by atoms with Gasteiger partial charge in [-0.15, -0.1) is 0 Å². The summed E-state index contributed by atoms with van der Waals surface area (Å²) in [6.45, 7) is 0. The lowest BCUT2D eigenvalue weighted by atomic mass is 10.0. The van der Waals surface area contributed by atoms with Crippen LogP contribution in [0.5, 0.6) is 0 Å². The summed E-state index contributed by atoms with van der Waals surface area (Å²) in [6, 6.07) is 20.1. The summed E-state index contributed by atoms with van der Waals surface area (Å²) in [5.41, 5.74) is 1.55. The Kier molecular flexibility index (Phi) is 4.79. The van der Waals surface area contributed by atoms with E-state index in [0.29, 0.717) is 22.0 Å². The molecule has 0 aliphatic rings. The Morgan fingerprint density at radius 1 is 0.966 bits per heavy atom. The fourth-order valence-electron chi connectivity index (χ4n) is 3.16. The molecule has 0 bridgehead atoms. The Bertz CT molecular complexity index is 1400. The molecule has 7 heteroatoms. The van der Waals surface area contributed by atoms with E-state index in [2.05, 4.69) is 4.98 Å². The molecular weight excluding hydrogens is 411 g/mol. The Hall–Kier alpha value is -3.27. The van der Waals surface area contributed by atoms with E-state index in [0.717, 1.165) is 0 Å². The molecule has 0 saturated carbocycles. The lowest BCUT2D eigenvalue weighted by Crippen LogP contribution is -2.07. The fraction of sp³-hybridized carbons (Fsp3) is 0. The zero-order valence-electron chi connectivity index (χ0n) is 14.8. The number of halogens is 2. The molecule has 4 aromatic rings. The lowest BCUT2D eigenvalue weighted by Gasteiger charge is -2.15. The molecule has 142 valence electrons. The van der Waals surface area contributed by atoms with Crippen LogP contribution in [0.2, 0.25) is 5.15 Å². The van der Waals surface area contributed by atoms with Gasteiger partial charge in [-0.05, 0) is 42.0 Å². The summed E-state index contributed by atoms with van der Waals surface area (Å²) in [7, 11) is -4.12. The summed E-state index contributed by atoms with van der Waals surface area (Å²) >= 11 is 6.37. The highest BCUT2D eigenvalue weighted by molar-refractivity contribution is 7.91. The van der Waals surface area contributed by atoms with Gasteiger partial charge in [-0.2, -0.15) is 5.26 Å². The van der Waals surface area contributed by atoms with Crippen LogP contribution in [-0.4, -0.2) is 13.4 Å². The molecule has 29 heavy (non-hydrogen) atoms. The molecule has 0 aliphatic heterocycles. The highest BCUT2D eigenvalue weighted by Crippen LogP contribution is 2.40. The number of aromatic nitrogens is 1. The Balaban J connectivity index is 2.11. The molecule has 0 atom stereocenters.